The molecule has 4 nitrogen and oxygen atoms in total. The second-order valence-electron chi connectivity index (χ2n) is 3.36. The smallest absolute Gasteiger partial charge is 0.188 e. The molecule has 0 aliphatic carbocycles. The molecule has 5 heteroatoms. The van der Waals surface area contributed by atoms with Gasteiger partial charge in [0, 0.05) is 5.92 Å². The Morgan fingerprint density at radius 2 is 2.08 bits per heavy atom. The van der Waals surface area contributed by atoms with E-state index in [4.69, 9.17) is 5.73 Å². The standard InChI is InChI=1S/C8H13FN4/c9-6-7(12-13-8(6)10)5-1-3-11-4-2-5/h5,11H,1-4H2,(H3,10,12,13). The van der Waals surface area contributed by atoms with E-state index in [0.717, 1.165) is 25.9 Å². The summed E-state index contributed by atoms with van der Waals surface area (Å²) < 4.78 is 13.3. The quantitative estimate of drug-likeness (QED) is 0.598. The van der Waals surface area contributed by atoms with Gasteiger partial charge in [0.15, 0.2) is 11.6 Å². The van der Waals surface area contributed by atoms with Gasteiger partial charge in [-0.25, -0.2) is 4.39 Å². The van der Waals surface area contributed by atoms with E-state index in [-0.39, 0.29) is 17.6 Å². The van der Waals surface area contributed by atoms with Crippen molar-refractivity contribution in [3.63, 3.8) is 0 Å². The third kappa shape index (κ3) is 1.51. The number of hydrogen-bond acceptors (Lipinski definition) is 3. The summed E-state index contributed by atoms with van der Waals surface area (Å²) in [4.78, 5) is 0. The molecule has 0 saturated carbocycles. The Balaban J connectivity index is 2.18. The fourth-order valence-electron chi connectivity index (χ4n) is 1.72. The van der Waals surface area contributed by atoms with Crippen LogP contribution in [-0.2, 0) is 0 Å². The lowest BCUT2D eigenvalue weighted by atomic mass is 9.94. The number of H-pyrrole nitrogens is 1. The largest absolute Gasteiger partial charge is 0.382 e. The zero-order valence-electron chi connectivity index (χ0n) is 7.31. The average Bonchev–Trinajstić information content (AvgIpc) is 2.49. The molecule has 2 heterocycles. The summed E-state index contributed by atoms with van der Waals surface area (Å²) in [5, 5.41) is 9.57. The number of aromatic amines is 1. The summed E-state index contributed by atoms with van der Waals surface area (Å²) in [7, 11) is 0. The topological polar surface area (TPSA) is 66.7 Å². The van der Waals surface area contributed by atoms with Crippen molar-refractivity contribution in [2.75, 3.05) is 18.8 Å². The number of nitrogens with one attached hydrogen (secondary N) is 2. The Labute approximate surface area is 75.7 Å². The molecule has 0 bridgehead atoms. The molecule has 1 aliphatic rings. The molecule has 0 aromatic carbocycles. The number of nitrogens with zero attached hydrogens (tertiary/aromatic N) is 1. The normalized spacial score (nSPS) is 19.2. The summed E-state index contributed by atoms with van der Waals surface area (Å²) >= 11 is 0. The minimum Gasteiger partial charge on any atom is -0.382 e. The first-order chi connectivity index (χ1) is 6.29. The van der Waals surface area contributed by atoms with Crippen LogP contribution in [0.1, 0.15) is 24.5 Å². The number of hydrogen-bond donors (Lipinski definition) is 3. The Hall–Kier alpha value is -1.10. The Kier molecular flexibility index (Phi) is 2.18. The molecule has 4 N–H and O–H groups in total. The van der Waals surface area contributed by atoms with Gasteiger partial charge in [-0.05, 0) is 25.9 Å². The van der Waals surface area contributed by atoms with Gasteiger partial charge in [-0.3, -0.25) is 5.10 Å². The second-order valence-corrected chi connectivity index (χ2v) is 3.36. The molecule has 1 fully saturated rings. The van der Waals surface area contributed by atoms with E-state index in [1.54, 1.807) is 0 Å². The van der Waals surface area contributed by atoms with Crippen LogP contribution in [0.2, 0.25) is 0 Å². The molecule has 0 atom stereocenters. The molecule has 1 saturated heterocycles. The summed E-state index contributed by atoms with van der Waals surface area (Å²) in [6.07, 6.45) is 1.86. The van der Waals surface area contributed by atoms with Gasteiger partial charge in [-0.1, -0.05) is 0 Å². The number of halogens is 1. The van der Waals surface area contributed by atoms with Crippen molar-refractivity contribution in [2.45, 2.75) is 18.8 Å². The SMILES string of the molecule is Nc1[nH]nc(C2CCNCC2)c1F. The van der Waals surface area contributed by atoms with Gasteiger partial charge in [-0.2, -0.15) is 5.10 Å². The van der Waals surface area contributed by atoms with E-state index in [1.807, 2.05) is 0 Å². The second kappa shape index (κ2) is 3.33. The van der Waals surface area contributed by atoms with Crippen LogP contribution in [0.3, 0.4) is 0 Å². The van der Waals surface area contributed by atoms with Crippen LogP contribution in [-0.4, -0.2) is 23.3 Å². The van der Waals surface area contributed by atoms with Crippen LogP contribution < -0.4 is 11.1 Å². The molecular weight excluding hydrogens is 171 g/mol. The highest BCUT2D eigenvalue weighted by atomic mass is 19.1. The fourth-order valence-corrected chi connectivity index (χ4v) is 1.72. The highest BCUT2D eigenvalue weighted by Gasteiger charge is 2.22. The maximum Gasteiger partial charge on any atom is 0.188 e. The molecule has 0 unspecified atom stereocenters. The van der Waals surface area contributed by atoms with Gasteiger partial charge in [0.05, 0.1) is 0 Å². The molecule has 1 aromatic heterocycles. The Morgan fingerprint density at radius 1 is 1.38 bits per heavy atom. The molecule has 0 spiro atoms. The highest BCUT2D eigenvalue weighted by Crippen LogP contribution is 2.27. The number of nitrogens with two attached hydrogens (primary N) is 1. The minimum atomic E-state index is -0.369. The molecular formula is C8H13FN4. The van der Waals surface area contributed by atoms with Crippen LogP contribution in [0.15, 0.2) is 0 Å². The average molecular weight is 184 g/mol. The summed E-state index contributed by atoms with van der Waals surface area (Å²) in [5.41, 5.74) is 5.84. The van der Waals surface area contributed by atoms with Gasteiger partial charge in [0.2, 0.25) is 0 Å². The zero-order chi connectivity index (χ0) is 9.26. The number of rotatable bonds is 1. The lowest BCUT2D eigenvalue weighted by Crippen LogP contribution is -2.27. The van der Waals surface area contributed by atoms with E-state index in [0.29, 0.717) is 5.69 Å². The molecule has 13 heavy (non-hydrogen) atoms. The van der Waals surface area contributed by atoms with Gasteiger partial charge in [-0.15, -0.1) is 0 Å². The van der Waals surface area contributed by atoms with E-state index in [2.05, 4.69) is 15.5 Å². The Morgan fingerprint density at radius 3 is 2.62 bits per heavy atom. The molecule has 0 radical (unpaired) electrons. The summed E-state index contributed by atoms with van der Waals surface area (Å²) in [6.45, 7) is 1.85. The number of piperidine rings is 1. The predicted octanol–water partition coefficient (Wildman–Crippen LogP) is 0.598. The third-order valence-electron chi connectivity index (χ3n) is 2.48. The number of aromatic nitrogens is 2. The van der Waals surface area contributed by atoms with E-state index in [9.17, 15) is 4.39 Å². The number of nitrogen functional groups attached to an aromatic ring is 1. The minimum absolute atomic E-state index is 0.0496. The van der Waals surface area contributed by atoms with Gasteiger partial charge >= 0.3 is 0 Å². The predicted molar refractivity (Wildman–Crippen MR) is 47.8 cm³/mol. The van der Waals surface area contributed by atoms with Crippen LogP contribution >= 0.6 is 0 Å². The van der Waals surface area contributed by atoms with E-state index >= 15 is 0 Å². The van der Waals surface area contributed by atoms with Crippen molar-refractivity contribution in [1.82, 2.24) is 15.5 Å². The molecule has 1 aliphatic heterocycles. The first-order valence-corrected chi connectivity index (χ1v) is 4.49. The summed E-state index contributed by atoms with van der Waals surface area (Å²) in [6, 6.07) is 0. The van der Waals surface area contributed by atoms with Crippen LogP contribution in [0.25, 0.3) is 0 Å². The monoisotopic (exact) mass is 184 g/mol. The van der Waals surface area contributed by atoms with Gasteiger partial charge in [0.25, 0.3) is 0 Å². The van der Waals surface area contributed by atoms with E-state index in [1.165, 1.54) is 0 Å². The van der Waals surface area contributed by atoms with Gasteiger partial charge in [0.1, 0.15) is 5.69 Å². The van der Waals surface area contributed by atoms with Crippen LogP contribution in [0.5, 0.6) is 0 Å². The molecule has 0 amide bonds. The first-order valence-electron chi connectivity index (χ1n) is 4.49. The lowest BCUT2D eigenvalue weighted by molar-refractivity contribution is 0.438. The van der Waals surface area contributed by atoms with Crippen molar-refractivity contribution in [2.24, 2.45) is 0 Å². The first kappa shape index (κ1) is 8.50. The summed E-state index contributed by atoms with van der Waals surface area (Å²) in [5.74, 6) is -0.102. The van der Waals surface area contributed by atoms with Gasteiger partial charge < -0.3 is 11.1 Å². The fraction of sp³-hybridized carbons (Fsp3) is 0.625. The lowest BCUT2D eigenvalue weighted by Gasteiger charge is -2.20. The van der Waals surface area contributed by atoms with Crippen molar-refractivity contribution >= 4 is 5.82 Å². The van der Waals surface area contributed by atoms with Crippen molar-refractivity contribution in [3.05, 3.63) is 11.5 Å². The Bertz CT molecular complexity index is 290. The van der Waals surface area contributed by atoms with Crippen molar-refractivity contribution in [3.8, 4) is 0 Å². The highest BCUT2D eigenvalue weighted by molar-refractivity contribution is 5.33. The van der Waals surface area contributed by atoms with Crippen LogP contribution in [0.4, 0.5) is 10.2 Å². The maximum absolute atomic E-state index is 13.3. The van der Waals surface area contributed by atoms with Crippen molar-refractivity contribution in [1.29, 1.82) is 0 Å². The van der Waals surface area contributed by atoms with Crippen LogP contribution in [0, 0.1) is 5.82 Å². The van der Waals surface area contributed by atoms with E-state index < -0.39 is 0 Å². The molecule has 2 rings (SSSR count). The zero-order valence-corrected chi connectivity index (χ0v) is 7.31. The maximum atomic E-state index is 13.3. The number of anilines is 1. The third-order valence-corrected chi connectivity index (χ3v) is 2.48. The molecule has 1 aromatic rings. The van der Waals surface area contributed by atoms with Crippen molar-refractivity contribution < 1.29 is 4.39 Å². The molecule has 72 valence electrons.